The molecule has 2 atom stereocenters. The molecule has 104 valence electrons. The monoisotopic (exact) mass is 363 g/mol. The molecule has 4 nitrogen and oxygen atoms in total. The predicted octanol–water partition coefficient (Wildman–Crippen LogP) is 3.97. The molecule has 19 heavy (non-hydrogen) atoms. The van der Waals surface area contributed by atoms with Crippen LogP contribution in [0.25, 0.3) is 10.7 Å². The summed E-state index contributed by atoms with van der Waals surface area (Å²) in [5, 5.41) is 6.08. The molecule has 1 fully saturated rings. The number of halogens is 2. The number of rotatable bonds is 2. The molecule has 2 aromatic heterocycles. The predicted molar refractivity (Wildman–Crippen MR) is 81.7 cm³/mol. The highest BCUT2D eigenvalue weighted by molar-refractivity contribution is 9.10. The summed E-state index contributed by atoms with van der Waals surface area (Å²) in [7, 11) is 0. The molecule has 0 amide bonds. The maximum absolute atomic E-state index is 5.99. The van der Waals surface area contributed by atoms with Crippen molar-refractivity contribution in [3.63, 3.8) is 0 Å². The molecule has 0 radical (unpaired) electrons. The van der Waals surface area contributed by atoms with Crippen LogP contribution in [0.5, 0.6) is 0 Å². The number of hydrogen-bond donors (Lipinski definition) is 1. The fourth-order valence-corrected chi connectivity index (χ4v) is 3.74. The van der Waals surface area contributed by atoms with Crippen molar-refractivity contribution < 1.29 is 4.52 Å². The van der Waals surface area contributed by atoms with E-state index in [-0.39, 0.29) is 18.4 Å². The maximum Gasteiger partial charge on any atom is 0.230 e. The van der Waals surface area contributed by atoms with Crippen molar-refractivity contribution >= 4 is 39.7 Å². The molecule has 0 spiro atoms. The largest absolute Gasteiger partial charge is 0.339 e. The third-order valence-electron chi connectivity index (χ3n) is 3.29. The minimum Gasteiger partial charge on any atom is -0.339 e. The lowest BCUT2D eigenvalue weighted by Crippen LogP contribution is -2.26. The molecular formula is C12H15BrClN3OS. The zero-order valence-electron chi connectivity index (χ0n) is 10.2. The summed E-state index contributed by atoms with van der Waals surface area (Å²) in [6.07, 6.45) is 4.31. The Morgan fingerprint density at radius 3 is 2.95 bits per heavy atom. The van der Waals surface area contributed by atoms with Gasteiger partial charge in [-0.1, -0.05) is 11.6 Å². The third-order valence-corrected chi connectivity index (χ3v) is 4.98. The number of hydrogen-bond acceptors (Lipinski definition) is 5. The van der Waals surface area contributed by atoms with Gasteiger partial charge in [-0.3, -0.25) is 0 Å². The van der Waals surface area contributed by atoms with Crippen LogP contribution in [-0.2, 0) is 0 Å². The van der Waals surface area contributed by atoms with Gasteiger partial charge < -0.3 is 10.3 Å². The average Bonchev–Trinajstić information content (AvgIpc) is 2.97. The lowest BCUT2D eigenvalue weighted by molar-refractivity contribution is 0.299. The van der Waals surface area contributed by atoms with Crippen molar-refractivity contribution in [1.82, 2.24) is 10.1 Å². The average molecular weight is 365 g/mol. The summed E-state index contributed by atoms with van der Waals surface area (Å²) < 4.78 is 6.44. The summed E-state index contributed by atoms with van der Waals surface area (Å²) in [5.41, 5.74) is 5.99. The minimum atomic E-state index is 0. The van der Waals surface area contributed by atoms with Crippen molar-refractivity contribution in [3.8, 4) is 10.7 Å². The van der Waals surface area contributed by atoms with Crippen molar-refractivity contribution in [2.45, 2.75) is 37.6 Å². The van der Waals surface area contributed by atoms with Gasteiger partial charge >= 0.3 is 0 Å². The highest BCUT2D eigenvalue weighted by Gasteiger charge is 2.25. The molecule has 0 aromatic carbocycles. The first-order chi connectivity index (χ1) is 8.72. The Labute approximate surface area is 130 Å². The van der Waals surface area contributed by atoms with E-state index in [1.54, 1.807) is 11.3 Å². The van der Waals surface area contributed by atoms with Gasteiger partial charge in [-0.05, 0) is 41.3 Å². The van der Waals surface area contributed by atoms with Crippen LogP contribution in [0.2, 0.25) is 0 Å². The van der Waals surface area contributed by atoms with E-state index in [1.165, 1.54) is 0 Å². The smallest absolute Gasteiger partial charge is 0.230 e. The van der Waals surface area contributed by atoms with Crippen LogP contribution >= 0.6 is 39.7 Å². The zero-order chi connectivity index (χ0) is 12.5. The summed E-state index contributed by atoms with van der Waals surface area (Å²) in [6.45, 7) is 0. The SMILES string of the molecule is Cl.NC1CCCC(c2nc(-c3cc(Br)cs3)no2)C1. The zero-order valence-corrected chi connectivity index (χ0v) is 13.4. The molecule has 2 heterocycles. The lowest BCUT2D eigenvalue weighted by atomic mass is 9.86. The quantitative estimate of drug-likeness (QED) is 0.875. The molecule has 2 N–H and O–H groups in total. The van der Waals surface area contributed by atoms with Crippen LogP contribution in [-0.4, -0.2) is 16.2 Å². The van der Waals surface area contributed by atoms with E-state index in [2.05, 4.69) is 26.1 Å². The Kier molecular flexibility index (Phi) is 5.00. The molecule has 3 rings (SSSR count). The van der Waals surface area contributed by atoms with Gasteiger partial charge in [0.1, 0.15) is 0 Å². The normalized spacial score (nSPS) is 23.1. The highest BCUT2D eigenvalue weighted by Crippen LogP contribution is 2.33. The van der Waals surface area contributed by atoms with Gasteiger partial charge in [-0.25, -0.2) is 0 Å². The van der Waals surface area contributed by atoms with E-state index in [0.29, 0.717) is 11.7 Å². The van der Waals surface area contributed by atoms with Gasteiger partial charge in [0.2, 0.25) is 11.7 Å². The van der Waals surface area contributed by atoms with Crippen molar-refractivity contribution in [2.75, 3.05) is 0 Å². The molecule has 1 aliphatic carbocycles. The van der Waals surface area contributed by atoms with E-state index in [0.717, 1.165) is 40.9 Å². The third kappa shape index (κ3) is 3.37. The van der Waals surface area contributed by atoms with Gasteiger partial charge in [-0.2, -0.15) is 4.98 Å². The van der Waals surface area contributed by atoms with Crippen molar-refractivity contribution in [2.24, 2.45) is 5.73 Å². The Hall–Kier alpha value is -0.430. The summed E-state index contributed by atoms with van der Waals surface area (Å²) in [4.78, 5) is 5.53. The fraction of sp³-hybridized carbons (Fsp3) is 0.500. The van der Waals surface area contributed by atoms with Gasteiger partial charge in [0.05, 0.1) is 4.88 Å². The Morgan fingerprint density at radius 2 is 2.26 bits per heavy atom. The van der Waals surface area contributed by atoms with Crippen LogP contribution in [0.3, 0.4) is 0 Å². The van der Waals surface area contributed by atoms with Crippen molar-refractivity contribution in [3.05, 3.63) is 21.8 Å². The van der Waals surface area contributed by atoms with E-state index >= 15 is 0 Å². The number of thiophene rings is 1. The van der Waals surface area contributed by atoms with Gasteiger partial charge in [0, 0.05) is 21.8 Å². The van der Waals surface area contributed by atoms with Crippen LogP contribution in [0.4, 0.5) is 0 Å². The summed E-state index contributed by atoms with van der Waals surface area (Å²) >= 11 is 5.04. The van der Waals surface area contributed by atoms with Gasteiger partial charge in [-0.15, -0.1) is 23.7 Å². The van der Waals surface area contributed by atoms with Crippen LogP contribution in [0, 0.1) is 0 Å². The van der Waals surface area contributed by atoms with E-state index in [9.17, 15) is 0 Å². The molecule has 1 aliphatic rings. The first kappa shape index (κ1) is 15.0. The maximum atomic E-state index is 5.99. The second-order valence-electron chi connectivity index (χ2n) is 4.71. The lowest BCUT2D eigenvalue weighted by Gasteiger charge is -2.23. The number of nitrogens with two attached hydrogens (primary N) is 1. The number of nitrogens with zero attached hydrogens (tertiary/aromatic N) is 2. The molecule has 1 saturated carbocycles. The molecule has 7 heteroatoms. The van der Waals surface area contributed by atoms with E-state index < -0.39 is 0 Å². The first-order valence-corrected chi connectivity index (χ1v) is 7.73. The minimum absolute atomic E-state index is 0. The van der Waals surface area contributed by atoms with Gasteiger partial charge in [0.25, 0.3) is 0 Å². The molecule has 2 unspecified atom stereocenters. The van der Waals surface area contributed by atoms with Crippen LogP contribution in [0.15, 0.2) is 20.4 Å². The van der Waals surface area contributed by atoms with Gasteiger partial charge in [0.15, 0.2) is 0 Å². The van der Waals surface area contributed by atoms with Crippen LogP contribution in [0.1, 0.15) is 37.5 Å². The standard InChI is InChI=1S/C12H14BrN3OS.ClH/c13-8-5-10(18-6-8)11-15-12(17-16-11)7-2-1-3-9(14)4-7;/h5-7,9H,1-4,14H2;1H. The highest BCUT2D eigenvalue weighted by atomic mass is 79.9. The summed E-state index contributed by atoms with van der Waals surface area (Å²) in [6, 6.07) is 2.28. The second kappa shape index (κ2) is 6.35. The fourth-order valence-electron chi connectivity index (χ4n) is 2.38. The Bertz CT molecular complexity index is 545. The topological polar surface area (TPSA) is 64.9 Å². The first-order valence-electron chi connectivity index (χ1n) is 6.06. The number of aromatic nitrogens is 2. The van der Waals surface area contributed by atoms with E-state index in [4.69, 9.17) is 10.3 Å². The Morgan fingerprint density at radius 1 is 1.42 bits per heavy atom. The molecule has 0 saturated heterocycles. The second-order valence-corrected chi connectivity index (χ2v) is 6.54. The van der Waals surface area contributed by atoms with E-state index in [1.807, 2.05) is 11.4 Å². The molecular weight excluding hydrogens is 350 g/mol. The van der Waals surface area contributed by atoms with Crippen molar-refractivity contribution in [1.29, 1.82) is 0 Å². The molecule has 2 aromatic rings. The Balaban J connectivity index is 0.00000133. The summed E-state index contributed by atoms with van der Waals surface area (Å²) in [5.74, 6) is 1.75. The molecule has 0 bridgehead atoms. The van der Waals surface area contributed by atoms with Crippen LogP contribution < -0.4 is 5.73 Å². The molecule has 0 aliphatic heterocycles.